The minimum Gasteiger partial charge on any atom is -0.314 e. The number of piperidine rings is 1. The van der Waals surface area contributed by atoms with Gasteiger partial charge in [-0.3, -0.25) is 9.69 Å². The molecule has 0 aromatic carbocycles. The number of rotatable bonds is 3. The van der Waals surface area contributed by atoms with Crippen LogP contribution in [0.2, 0.25) is 0 Å². The van der Waals surface area contributed by atoms with E-state index >= 15 is 0 Å². The topological polar surface area (TPSA) is 35.6 Å². The highest BCUT2D eigenvalue weighted by atomic mass is 16.1. The molecule has 15 heavy (non-hydrogen) atoms. The maximum atomic E-state index is 11.1. The predicted octanol–water partition coefficient (Wildman–Crippen LogP) is -0.443. The molecule has 0 radical (unpaired) electrons. The Morgan fingerprint density at radius 3 is 2.07 bits per heavy atom. The van der Waals surface area contributed by atoms with Gasteiger partial charge in [-0.15, -0.1) is 0 Å². The zero-order chi connectivity index (χ0) is 10.5. The lowest BCUT2D eigenvalue weighted by molar-refractivity contribution is -0.121. The molecule has 0 amide bonds. The van der Waals surface area contributed by atoms with E-state index in [1.165, 1.54) is 13.1 Å². The fourth-order valence-corrected chi connectivity index (χ4v) is 2.24. The molecule has 0 aromatic heterocycles. The molecule has 0 atom stereocenters. The summed E-state index contributed by atoms with van der Waals surface area (Å²) in [6.07, 6.45) is 1.53. The molecule has 0 unspecified atom stereocenters. The summed E-state index contributed by atoms with van der Waals surface area (Å²) in [5, 5.41) is 3.36. The first-order valence-electron chi connectivity index (χ1n) is 6.02. The lowest BCUT2D eigenvalue weighted by Gasteiger charge is -2.31. The monoisotopic (exact) mass is 211 g/mol. The van der Waals surface area contributed by atoms with E-state index < -0.39 is 0 Å². The average Bonchev–Trinajstić information content (AvgIpc) is 2.30. The van der Waals surface area contributed by atoms with Gasteiger partial charge in [0, 0.05) is 65.2 Å². The molecule has 0 spiro atoms. The van der Waals surface area contributed by atoms with Crippen LogP contribution >= 0.6 is 0 Å². The van der Waals surface area contributed by atoms with Crippen molar-refractivity contribution in [3.8, 4) is 0 Å². The van der Waals surface area contributed by atoms with E-state index in [1.807, 2.05) is 0 Å². The van der Waals surface area contributed by atoms with Crippen molar-refractivity contribution in [2.45, 2.75) is 12.8 Å². The molecule has 2 aliphatic rings. The molecular weight excluding hydrogens is 190 g/mol. The minimum atomic E-state index is 0.438. The summed E-state index contributed by atoms with van der Waals surface area (Å²) < 4.78 is 0. The van der Waals surface area contributed by atoms with Crippen molar-refractivity contribution in [3.63, 3.8) is 0 Å². The van der Waals surface area contributed by atoms with Crippen LogP contribution in [0.1, 0.15) is 12.8 Å². The van der Waals surface area contributed by atoms with Gasteiger partial charge in [-0.2, -0.15) is 0 Å². The van der Waals surface area contributed by atoms with Crippen LogP contribution in [0.25, 0.3) is 0 Å². The zero-order valence-electron chi connectivity index (χ0n) is 9.37. The molecule has 2 saturated heterocycles. The SMILES string of the molecule is O=C1CCN(CCN2CCNCC2)CC1. The van der Waals surface area contributed by atoms with Gasteiger partial charge in [0.05, 0.1) is 0 Å². The van der Waals surface area contributed by atoms with Crippen LogP contribution in [0.4, 0.5) is 0 Å². The maximum absolute atomic E-state index is 11.1. The van der Waals surface area contributed by atoms with Gasteiger partial charge in [0.15, 0.2) is 0 Å². The summed E-state index contributed by atoms with van der Waals surface area (Å²) >= 11 is 0. The molecule has 2 fully saturated rings. The van der Waals surface area contributed by atoms with E-state index in [-0.39, 0.29) is 0 Å². The first-order valence-corrected chi connectivity index (χ1v) is 6.02. The molecular formula is C11H21N3O. The van der Waals surface area contributed by atoms with Gasteiger partial charge in [0.25, 0.3) is 0 Å². The first kappa shape index (κ1) is 11.0. The third-order valence-electron chi connectivity index (χ3n) is 3.36. The van der Waals surface area contributed by atoms with E-state index in [0.717, 1.165) is 52.1 Å². The Labute approximate surface area is 91.6 Å². The van der Waals surface area contributed by atoms with E-state index in [4.69, 9.17) is 0 Å². The summed E-state index contributed by atoms with van der Waals surface area (Å²) in [4.78, 5) is 16.0. The van der Waals surface area contributed by atoms with E-state index in [1.54, 1.807) is 0 Å². The van der Waals surface area contributed by atoms with E-state index in [9.17, 15) is 4.79 Å². The van der Waals surface area contributed by atoms with E-state index in [0.29, 0.717) is 5.78 Å². The second kappa shape index (κ2) is 5.58. The number of hydrogen-bond donors (Lipinski definition) is 1. The third kappa shape index (κ3) is 3.55. The van der Waals surface area contributed by atoms with Crippen molar-refractivity contribution >= 4 is 5.78 Å². The summed E-state index contributed by atoms with van der Waals surface area (Å²) in [6.45, 7) is 8.84. The summed E-state index contributed by atoms with van der Waals surface area (Å²) in [5.74, 6) is 0.438. The van der Waals surface area contributed by atoms with Crippen molar-refractivity contribution < 1.29 is 4.79 Å². The van der Waals surface area contributed by atoms with Gasteiger partial charge in [0.1, 0.15) is 5.78 Å². The lowest BCUT2D eigenvalue weighted by Crippen LogP contribution is -2.47. The molecule has 4 heteroatoms. The molecule has 0 bridgehead atoms. The van der Waals surface area contributed by atoms with Gasteiger partial charge >= 0.3 is 0 Å². The molecule has 0 aromatic rings. The number of piperazine rings is 1. The molecule has 2 rings (SSSR count). The van der Waals surface area contributed by atoms with Gasteiger partial charge in [-0.1, -0.05) is 0 Å². The van der Waals surface area contributed by atoms with Crippen LogP contribution in [0, 0.1) is 0 Å². The average molecular weight is 211 g/mol. The van der Waals surface area contributed by atoms with Crippen molar-refractivity contribution in [2.24, 2.45) is 0 Å². The first-order chi connectivity index (χ1) is 7.34. The molecule has 2 aliphatic heterocycles. The van der Waals surface area contributed by atoms with Crippen LogP contribution in [0.15, 0.2) is 0 Å². The summed E-state index contributed by atoms with van der Waals surface area (Å²) in [5.41, 5.74) is 0. The normalized spacial score (nSPS) is 25.7. The Hall–Kier alpha value is -0.450. The molecule has 4 nitrogen and oxygen atoms in total. The Balaban J connectivity index is 1.62. The van der Waals surface area contributed by atoms with Crippen LogP contribution in [0.3, 0.4) is 0 Å². The van der Waals surface area contributed by atoms with Crippen LogP contribution < -0.4 is 5.32 Å². The standard InChI is InChI=1S/C11H21N3O/c15-11-1-5-13(6-2-11)9-10-14-7-3-12-4-8-14/h12H,1-10H2. The fraction of sp³-hybridized carbons (Fsp3) is 0.909. The zero-order valence-corrected chi connectivity index (χ0v) is 9.37. The third-order valence-corrected chi connectivity index (χ3v) is 3.36. The summed E-state index contributed by atoms with van der Waals surface area (Å²) in [7, 11) is 0. The minimum absolute atomic E-state index is 0.438. The van der Waals surface area contributed by atoms with Crippen LogP contribution in [-0.4, -0.2) is 67.9 Å². The number of nitrogens with one attached hydrogen (secondary N) is 1. The largest absolute Gasteiger partial charge is 0.314 e. The maximum Gasteiger partial charge on any atom is 0.135 e. The Kier molecular flexibility index (Phi) is 4.11. The van der Waals surface area contributed by atoms with E-state index in [2.05, 4.69) is 15.1 Å². The predicted molar refractivity (Wildman–Crippen MR) is 60.0 cm³/mol. The number of nitrogens with zero attached hydrogens (tertiary/aromatic N) is 2. The number of hydrogen-bond acceptors (Lipinski definition) is 4. The van der Waals surface area contributed by atoms with Crippen molar-refractivity contribution in [1.29, 1.82) is 0 Å². The molecule has 0 aliphatic carbocycles. The van der Waals surface area contributed by atoms with Gasteiger partial charge < -0.3 is 10.2 Å². The molecule has 1 N–H and O–H groups in total. The summed E-state index contributed by atoms with van der Waals surface area (Å²) in [6, 6.07) is 0. The Morgan fingerprint density at radius 1 is 0.933 bits per heavy atom. The molecule has 86 valence electrons. The number of Topliss-reactive ketones (excluding diaryl/α,β-unsaturated/α-hetero) is 1. The van der Waals surface area contributed by atoms with Crippen molar-refractivity contribution in [3.05, 3.63) is 0 Å². The molecule has 2 heterocycles. The molecule has 0 saturated carbocycles. The lowest BCUT2D eigenvalue weighted by atomic mass is 10.1. The van der Waals surface area contributed by atoms with Gasteiger partial charge in [0.2, 0.25) is 0 Å². The number of carbonyl (C=O) groups is 1. The quantitative estimate of drug-likeness (QED) is 0.686. The number of carbonyl (C=O) groups excluding carboxylic acids is 1. The highest BCUT2D eigenvalue weighted by Gasteiger charge is 2.17. The van der Waals surface area contributed by atoms with Crippen LogP contribution in [0.5, 0.6) is 0 Å². The highest BCUT2D eigenvalue weighted by molar-refractivity contribution is 5.79. The van der Waals surface area contributed by atoms with Crippen molar-refractivity contribution in [1.82, 2.24) is 15.1 Å². The number of ketones is 1. The highest BCUT2D eigenvalue weighted by Crippen LogP contribution is 2.05. The van der Waals surface area contributed by atoms with Gasteiger partial charge in [-0.25, -0.2) is 0 Å². The smallest absolute Gasteiger partial charge is 0.135 e. The second-order valence-electron chi connectivity index (χ2n) is 4.47. The Morgan fingerprint density at radius 2 is 1.47 bits per heavy atom. The van der Waals surface area contributed by atoms with Gasteiger partial charge in [-0.05, 0) is 0 Å². The van der Waals surface area contributed by atoms with Crippen LogP contribution in [-0.2, 0) is 4.79 Å². The van der Waals surface area contributed by atoms with Crippen molar-refractivity contribution in [2.75, 3.05) is 52.4 Å². The fourth-order valence-electron chi connectivity index (χ4n) is 2.24. The Bertz CT molecular complexity index is 204. The number of likely N-dealkylation sites (tertiary alicyclic amines) is 1. The second-order valence-corrected chi connectivity index (χ2v) is 4.47.